The first-order chi connectivity index (χ1) is 11.9. The van der Waals surface area contributed by atoms with Crippen LogP contribution in [0.1, 0.15) is 13.8 Å². The van der Waals surface area contributed by atoms with Crippen molar-refractivity contribution in [3.63, 3.8) is 0 Å². The number of carbonyl (C=O) groups excluding carboxylic acids is 1. The molecule has 0 bridgehead atoms. The summed E-state index contributed by atoms with van der Waals surface area (Å²) in [7, 11) is 4.83. The van der Waals surface area contributed by atoms with E-state index in [0.29, 0.717) is 11.5 Å². The van der Waals surface area contributed by atoms with Crippen LogP contribution in [-0.2, 0) is 25.9 Å². The van der Waals surface area contributed by atoms with Crippen molar-refractivity contribution in [2.45, 2.75) is 13.8 Å². The van der Waals surface area contributed by atoms with Gasteiger partial charge in [0.25, 0.3) is 0 Å². The summed E-state index contributed by atoms with van der Waals surface area (Å²) in [6, 6.07) is 10.3. The average molecular weight is 539 g/mol. The number of rotatable bonds is 5. The normalized spacial score (nSPS) is 9.96. The number of benzene rings is 1. The molecule has 0 radical (unpaired) electrons. The Hall–Kier alpha value is -2.33. The maximum Gasteiger partial charge on any atom is 0.155 e. The Morgan fingerprint density at radius 1 is 1.12 bits per heavy atom. The number of pyridine rings is 1. The van der Waals surface area contributed by atoms with Crippen LogP contribution in [0, 0.1) is 6.07 Å². The van der Waals surface area contributed by atoms with Gasteiger partial charge in [-0.05, 0) is 31.7 Å². The molecule has 0 spiro atoms. The zero-order valence-corrected chi connectivity index (χ0v) is 17.6. The molecular formula is C19H22NO5Pt-. The third kappa shape index (κ3) is 7.70. The minimum absolute atomic E-state index is 0. The van der Waals surface area contributed by atoms with E-state index in [2.05, 4.69) is 11.1 Å². The molecule has 0 aliphatic carbocycles. The number of ketones is 1. The molecule has 0 aliphatic rings. The Labute approximate surface area is 168 Å². The maximum absolute atomic E-state index is 10.0. The number of methoxy groups -OCH3 is 3. The Balaban J connectivity index is 0.000000673. The van der Waals surface area contributed by atoms with Gasteiger partial charge in [-0.2, -0.15) is 0 Å². The van der Waals surface area contributed by atoms with Gasteiger partial charge in [0.15, 0.2) is 5.78 Å². The van der Waals surface area contributed by atoms with E-state index in [1.807, 2.05) is 6.07 Å². The Morgan fingerprint density at radius 2 is 1.77 bits per heavy atom. The summed E-state index contributed by atoms with van der Waals surface area (Å²) in [4.78, 5) is 14.3. The number of ether oxygens (including phenoxy) is 3. The fourth-order valence-electron chi connectivity index (χ4n) is 1.91. The first-order valence-corrected chi connectivity index (χ1v) is 7.43. The molecule has 1 aromatic carbocycles. The van der Waals surface area contributed by atoms with Gasteiger partial charge in [0, 0.05) is 44.8 Å². The molecule has 144 valence electrons. The van der Waals surface area contributed by atoms with Gasteiger partial charge in [-0.3, -0.25) is 4.79 Å². The van der Waals surface area contributed by atoms with Crippen LogP contribution in [0.3, 0.4) is 0 Å². The fraction of sp³-hybridized carbons (Fsp3) is 0.263. The molecule has 2 rings (SSSR count). The summed E-state index contributed by atoms with van der Waals surface area (Å²) >= 11 is 0. The Bertz CT molecular complexity index is 742. The fourth-order valence-corrected chi connectivity index (χ4v) is 1.91. The van der Waals surface area contributed by atoms with Gasteiger partial charge in [-0.25, -0.2) is 0 Å². The predicted molar refractivity (Wildman–Crippen MR) is 95.2 cm³/mol. The minimum Gasteiger partial charge on any atom is -0.540 e. The Morgan fingerprint density at radius 3 is 2.23 bits per heavy atom. The molecular weight excluding hydrogens is 517 g/mol. The number of aliphatic hydroxyl groups is 1. The summed E-state index contributed by atoms with van der Waals surface area (Å²) < 4.78 is 15.6. The van der Waals surface area contributed by atoms with E-state index in [4.69, 9.17) is 19.3 Å². The number of aliphatic hydroxyl groups excluding tert-OH is 1. The summed E-state index contributed by atoms with van der Waals surface area (Å²) in [5, 5.41) is 8.36. The molecule has 0 fully saturated rings. The molecule has 0 atom stereocenters. The van der Waals surface area contributed by atoms with Gasteiger partial charge in [0.2, 0.25) is 0 Å². The summed E-state index contributed by atoms with van der Waals surface area (Å²) in [6.07, 6.45) is 2.85. The van der Waals surface area contributed by atoms with E-state index in [-0.39, 0.29) is 32.6 Å². The van der Waals surface area contributed by atoms with Gasteiger partial charge in [-0.1, -0.05) is 11.6 Å². The smallest absolute Gasteiger partial charge is 0.155 e. The van der Waals surface area contributed by atoms with E-state index in [1.54, 1.807) is 45.7 Å². The zero-order chi connectivity index (χ0) is 18.8. The molecule has 2 aromatic rings. The average Bonchev–Trinajstić information content (AvgIpc) is 2.60. The van der Waals surface area contributed by atoms with Crippen molar-refractivity contribution in [3.8, 4) is 28.5 Å². The maximum atomic E-state index is 10.0. The van der Waals surface area contributed by atoms with E-state index in [9.17, 15) is 4.79 Å². The molecule has 0 amide bonds. The molecule has 0 aliphatic heterocycles. The van der Waals surface area contributed by atoms with Crippen LogP contribution in [-0.4, -0.2) is 37.2 Å². The molecule has 6 nitrogen and oxygen atoms in total. The topological polar surface area (TPSA) is 77.9 Å². The van der Waals surface area contributed by atoms with Crippen LogP contribution in [0.4, 0.5) is 0 Å². The number of aromatic nitrogens is 1. The van der Waals surface area contributed by atoms with Gasteiger partial charge < -0.3 is 24.3 Å². The van der Waals surface area contributed by atoms with Gasteiger partial charge >= 0.3 is 0 Å². The number of nitrogens with zero attached hydrogens (tertiary/aromatic N) is 1. The largest absolute Gasteiger partial charge is 0.540 e. The van der Waals surface area contributed by atoms with Crippen LogP contribution < -0.4 is 14.2 Å². The molecule has 0 saturated carbocycles. The van der Waals surface area contributed by atoms with Gasteiger partial charge in [0.05, 0.1) is 27.1 Å². The van der Waals surface area contributed by atoms with Gasteiger partial charge in [0.1, 0.15) is 5.75 Å². The zero-order valence-electron chi connectivity index (χ0n) is 15.3. The van der Waals surface area contributed by atoms with Crippen molar-refractivity contribution in [2.75, 3.05) is 21.3 Å². The first kappa shape index (κ1) is 23.7. The number of carbonyl (C=O) groups is 1. The number of hydrogen-bond acceptors (Lipinski definition) is 6. The van der Waals surface area contributed by atoms with E-state index in [1.165, 1.54) is 19.9 Å². The quantitative estimate of drug-likeness (QED) is 0.356. The number of hydrogen-bond donors (Lipinski definition) is 1. The van der Waals surface area contributed by atoms with Crippen molar-refractivity contribution in [1.29, 1.82) is 0 Å². The third-order valence-electron chi connectivity index (χ3n) is 2.97. The molecule has 7 heteroatoms. The second-order valence-electron chi connectivity index (χ2n) is 4.96. The molecule has 1 heterocycles. The SMILES string of the molecule is CC(=O)/C=C(/C)O.COc1ccnc(-c2[c-]cc(OC)cc2OC)c1.[Pt]. The van der Waals surface area contributed by atoms with Crippen molar-refractivity contribution in [1.82, 2.24) is 4.98 Å². The number of allylic oxidation sites excluding steroid dienone is 2. The molecule has 0 saturated heterocycles. The van der Waals surface area contributed by atoms with Crippen molar-refractivity contribution in [2.24, 2.45) is 0 Å². The van der Waals surface area contributed by atoms with Crippen LogP contribution in [0.25, 0.3) is 11.3 Å². The molecule has 1 N–H and O–H groups in total. The molecule has 1 aromatic heterocycles. The monoisotopic (exact) mass is 539 g/mol. The molecule has 26 heavy (non-hydrogen) atoms. The molecule has 0 unspecified atom stereocenters. The predicted octanol–water partition coefficient (Wildman–Crippen LogP) is 3.61. The Kier molecular flexibility index (Phi) is 11.0. The van der Waals surface area contributed by atoms with Crippen LogP contribution >= 0.6 is 0 Å². The summed E-state index contributed by atoms with van der Waals surface area (Å²) in [5.41, 5.74) is 1.52. The van der Waals surface area contributed by atoms with Crippen LogP contribution in [0.2, 0.25) is 0 Å². The third-order valence-corrected chi connectivity index (χ3v) is 2.97. The van der Waals surface area contributed by atoms with Crippen molar-refractivity contribution in [3.05, 3.63) is 48.4 Å². The standard InChI is InChI=1S/C14H14NO3.C5H8O2.Pt/c1-16-10-4-5-12(14(9-10)18-3)13-8-11(17-2)6-7-15-13;1-4(6)3-5(2)7;/h4,6-9H,1-3H3;3,6H,1-2H3;/q-1;;/b;4-3-;. The second-order valence-corrected chi connectivity index (χ2v) is 4.96. The van der Waals surface area contributed by atoms with Crippen LogP contribution in [0.15, 0.2) is 42.3 Å². The van der Waals surface area contributed by atoms with E-state index in [0.717, 1.165) is 17.0 Å². The van der Waals surface area contributed by atoms with Crippen molar-refractivity contribution >= 4 is 5.78 Å². The first-order valence-electron chi connectivity index (χ1n) is 7.43. The van der Waals surface area contributed by atoms with Crippen LogP contribution in [0.5, 0.6) is 17.2 Å². The summed E-state index contributed by atoms with van der Waals surface area (Å²) in [6.45, 7) is 2.85. The van der Waals surface area contributed by atoms with Crippen molar-refractivity contribution < 1.29 is 45.2 Å². The van der Waals surface area contributed by atoms with Gasteiger partial charge in [-0.15, -0.1) is 12.1 Å². The minimum atomic E-state index is -0.125. The second kappa shape index (κ2) is 12.1. The summed E-state index contributed by atoms with van der Waals surface area (Å²) in [5.74, 6) is 2.03. The van der Waals surface area contributed by atoms with E-state index >= 15 is 0 Å². The van der Waals surface area contributed by atoms with E-state index < -0.39 is 0 Å².